The highest BCUT2D eigenvalue weighted by atomic mass is 32.2. The summed E-state index contributed by atoms with van der Waals surface area (Å²) in [6.07, 6.45) is 3.85. The molecule has 1 aromatic carbocycles. The van der Waals surface area contributed by atoms with Gasteiger partial charge in [-0.25, -0.2) is 0 Å². The Bertz CT molecular complexity index is 389. The zero-order valence-electron chi connectivity index (χ0n) is 9.24. The normalized spacial score (nSPS) is 12.8. The molecule has 4 N–H and O–H groups in total. The number of nitrogens with two attached hydrogens (primary N) is 1. The first-order valence-electron chi connectivity index (χ1n) is 5.11. The highest BCUT2D eigenvalue weighted by Crippen LogP contribution is 2.11. The van der Waals surface area contributed by atoms with Gasteiger partial charge in [0.2, 0.25) is 0 Å². The van der Waals surface area contributed by atoms with Crippen molar-refractivity contribution in [2.24, 2.45) is 5.73 Å². The van der Waals surface area contributed by atoms with Crippen molar-refractivity contribution in [1.29, 1.82) is 0 Å². The van der Waals surface area contributed by atoms with Gasteiger partial charge >= 0.3 is 5.97 Å². The first kappa shape index (κ1) is 13.6. The molecule has 5 heteroatoms. The minimum absolute atomic E-state index is 0.240. The van der Waals surface area contributed by atoms with E-state index in [1.165, 1.54) is 11.8 Å². The molecule has 0 spiro atoms. The lowest BCUT2D eigenvalue weighted by atomic mass is 10.2. The maximum atomic E-state index is 10.4. The number of thioether (sulfide) groups is 1. The van der Waals surface area contributed by atoms with Gasteiger partial charge in [0.1, 0.15) is 11.8 Å². The number of carboxylic acids is 1. The topological polar surface area (TPSA) is 83.5 Å². The van der Waals surface area contributed by atoms with Crippen LogP contribution < -0.4 is 5.73 Å². The van der Waals surface area contributed by atoms with Crippen LogP contribution in [0.5, 0.6) is 5.75 Å². The fourth-order valence-corrected chi connectivity index (χ4v) is 1.87. The fourth-order valence-electron chi connectivity index (χ4n) is 1.10. The van der Waals surface area contributed by atoms with Crippen molar-refractivity contribution < 1.29 is 15.0 Å². The summed E-state index contributed by atoms with van der Waals surface area (Å²) >= 11 is 1.47. The van der Waals surface area contributed by atoms with Crippen LogP contribution in [0, 0.1) is 0 Å². The molecule has 0 heterocycles. The number of carbonyl (C=O) groups is 1. The quantitative estimate of drug-likeness (QED) is 0.670. The van der Waals surface area contributed by atoms with E-state index < -0.39 is 12.0 Å². The number of hydrogen-bond acceptors (Lipinski definition) is 4. The van der Waals surface area contributed by atoms with Gasteiger partial charge in [-0.3, -0.25) is 4.79 Å². The number of aromatic hydroxyl groups is 1. The summed E-state index contributed by atoms with van der Waals surface area (Å²) in [6.45, 7) is 0. The number of rotatable bonds is 6. The van der Waals surface area contributed by atoms with Gasteiger partial charge in [0.25, 0.3) is 0 Å². The molecular formula is C12H15NO3S. The summed E-state index contributed by atoms with van der Waals surface area (Å²) < 4.78 is 0. The molecule has 0 fully saturated rings. The van der Waals surface area contributed by atoms with Crippen molar-refractivity contribution in [2.45, 2.75) is 6.04 Å². The third-order valence-electron chi connectivity index (χ3n) is 2.03. The third kappa shape index (κ3) is 5.42. The molecule has 0 aliphatic rings. The van der Waals surface area contributed by atoms with Gasteiger partial charge < -0.3 is 15.9 Å². The lowest BCUT2D eigenvalue weighted by Gasteiger charge is -2.03. The van der Waals surface area contributed by atoms with E-state index in [1.54, 1.807) is 24.3 Å². The summed E-state index contributed by atoms with van der Waals surface area (Å²) in [5.74, 6) is 0.376. The van der Waals surface area contributed by atoms with Crippen molar-refractivity contribution in [2.75, 3.05) is 11.5 Å². The molecule has 0 aliphatic heterocycles. The largest absolute Gasteiger partial charge is 0.508 e. The molecule has 0 saturated heterocycles. The minimum Gasteiger partial charge on any atom is -0.508 e. The maximum absolute atomic E-state index is 10.4. The summed E-state index contributed by atoms with van der Waals surface area (Å²) in [5.41, 5.74) is 6.35. The highest BCUT2D eigenvalue weighted by molar-refractivity contribution is 7.99. The van der Waals surface area contributed by atoms with Crippen LogP contribution in [0.2, 0.25) is 0 Å². The number of phenolic OH excluding ortho intramolecular Hbond substituents is 1. The first-order valence-corrected chi connectivity index (χ1v) is 6.27. The Morgan fingerprint density at radius 1 is 1.41 bits per heavy atom. The van der Waals surface area contributed by atoms with Gasteiger partial charge in [-0.05, 0) is 17.7 Å². The van der Waals surface area contributed by atoms with Gasteiger partial charge in [0.05, 0.1) is 0 Å². The zero-order chi connectivity index (χ0) is 12.7. The molecule has 0 aliphatic carbocycles. The van der Waals surface area contributed by atoms with Crippen molar-refractivity contribution in [1.82, 2.24) is 0 Å². The monoisotopic (exact) mass is 253 g/mol. The van der Waals surface area contributed by atoms with Crippen LogP contribution in [0.15, 0.2) is 30.3 Å². The lowest BCUT2D eigenvalue weighted by molar-refractivity contribution is -0.137. The van der Waals surface area contributed by atoms with Crippen LogP contribution in [0.3, 0.4) is 0 Å². The molecule has 0 amide bonds. The van der Waals surface area contributed by atoms with E-state index in [1.807, 2.05) is 12.2 Å². The minimum atomic E-state index is -0.972. The Morgan fingerprint density at radius 3 is 2.65 bits per heavy atom. The summed E-state index contributed by atoms with van der Waals surface area (Å²) in [6, 6.07) is 6.04. The van der Waals surface area contributed by atoms with Gasteiger partial charge in [-0.15, -0.1) is 0 Å². The molecule has 92 valence electrons. The van der Waals surface area contributed by atoms with Gasteiger partial charge in [-0.2, -0.15) is 11.8 Å². The maximum Gasteiger partial charge on any atom is 0.321 e. The van der Waals surface area contributed by atoms with Gasteiger partial charge in [-0.1, -0.05) is 24.3 Å². The van der Waals surface area contributed by atoms with Gasteiger partial charge in [0.15, 0.2) is 0 Å². The SMILES string of the molecule is N[C@@H](CSCC=Cc1ccc(O)cc1)C(=O)O. The molecule has 1 aromatic rings. The van der Waals surface area contributed by atoms with Crippen molar-refractivity contribution in [3.05, 3.63) is 35.9 Å². The predicted octanol–water partition coefficient (Wildman–Crippen LogP) is 1.55. The van der Waals surface area contributed by atoms with Crippen LogP contribution in [0.25, 0.3) is 6.08 Å². The first-order chi connectivity index (χ1) is 8.09. The second-order valence-electron chi connectivity index (χ2n) is 3.48. The van der Waals surface area contributed by atoms with Crippen LogP contribution in [-0.4, -0.2) is 33.7 Å². The van der Waals surface area contributed by atoms with E-state index in [2.05, 4.69) is 0 Å². The van der Waals surface area contributed by atoms with E-state index in [9.17, 15) is 4.79 Å². The van der Waals surface area contributed by atoms with Crippen LogP contribution in [0.4, 0.5) is 0 Å². The smallest absolute Gasteiger partial charge is 0.321 e. The van der Waals surface area contributed by atoms with Crippen molar-refractivity contribution >= 4 is 23.8 Å². The molecule has 1 atom stereocenters. The second kappa shape index (κ2) is 6.98. The lowest BCUT2D eigenvalue weighted by Crippen LogP contribution is -2.32. The average molecular weight is 253 g/mol. The molecule has 0 aromatic heterocycles. The Hall–Kier alpha value is -1.46. The number of carboxylic acid groups (broad SMARTS) is 1. The van der Waals surface area contributed by atoms with Crippen LogP contribution >= 0.6 is 11.8 Å². The Balaban J connectivity index is 2.27. The number of hydrogen-bond donors (Lipinski definition) is 3. The van der Waals surface area contributed by atoms with Crippen LogP contribution in [0.1, 0.15) is 5.56 Å². The summed E-state index contributed by atoms with van der Waals surface area (Å²) in [4.78, 5) is 10.4. The van der Waals surface area contributed by atoms with E-state index in [0.29, 0.717) is 11.5 Å². The van der Waals surface area contributed by atoms with E-state index in [-0.39, 0.29) is 5.75 Å². The second-order valence-corrected chi connectivity index (χ2v) is 4.55. The summed E-state index contributed by atoms with van der Waals surface area (Å²) in [7, 11) is 0. The van der Waals surface area contributed by atoms with Crippen molar-refractivity contribution in [3.8, 4) is 5.75 Å². The number of aliphatic carboxylic acids is 1. The molecule has 0 bridgehead atoms. The molecule has 4 nitrogen and oxygen atoms in total. The predicted molar refractivity (Wildman–Crippen MR) is 70.1 cm³/mol. The molecule has 0 unspecified atom stereocenters. The molecule has 0 radical (unpaired) electrons. The van der Waals surface area contributed by atoms with E-state index >= 15 is 0 Å². The third-order valence-corrected chi connectivity index (χ3v) is 3.06. The Morgan fingerprint density at radius 2 is 2.06 bits per heavy atom. The molecule has 1 rings (SSSR count). The molecular weight excluding hydrogens is 238 g/mol. The van der Waals surface area contributed by atoms with E-state index in [4.69, 9.17) is 15.9 Å². The Kier molecular flexibility index (Phi) is 5.59. The summed E-state index contributed by atoms with van der Waals surface area (Å²) in [5, 5.41) is 17.6. The van der Waals surface area contributed by atoms with Gasteiger partial charge in [0, 0.05) is 11.5 Å². The average Bonchev–Trinajstić information content (AvgIpc) is 2.30. The van der Waals surface area contributed by atoms with E-state index in [0.717, 1.165) is 5.56 Å². The molecule has 17 heavy (non-hydrogen) atoms. The standard InChI is InChI=1S/C12H15NO3S/c13-11(12(15)16)8-17-7-1-2-9-3-5-10(14)6-4-9/h1-6,11,14H,7-8,13H2,(H,15,16)/t11-/m0/s1. The Labute approximate surface area is 104 Å². The highest BCUT2D eigenvalue weighted by Gasteiger charge is 2.09. The number of benzene rings is 1. The van der Waals surface area contributed by atoms with Crippen molar-refractivity contribution in [3.63, 3.8) is 0 Å². The fraction of sp³-hybridized carbons (Fsp3) is 0.250. The van der Waals surface area contributed by atoms with Crippen LogP contribution in [-0.2, 0) is 4.79 Å². The zero-order valence-corrected chi connectivity index (χ0v) is 10.1. The molecule has 0 saturated carbocycles. The number of phenols is 1.